The van der Waals surface area contributed by atoms with E-state index in [9.17, 15) is 13.6 Å². The lowest BCUT2D eigenvalue weighted by Gasteiger charge is -2.12. The molecule has 0 heterocycles. The molecule has 0 fully saturated rings. The number of benzene rings is 2. The van der Waals surface area contributed by atoms with Crippen LogP contribution in [0.25, 0.3) is 11.1 Å². The molecule has 5 heteroatoms. The number of aryl methyl sites for hydroxylation is 1. The van der Waals surface area contributed by atoms with Crippen molar-refractivity contribution < 1.29 is 18.3 Å². The van der Waals surface area contributed by atoms with E-state index in [0.29, 0.717) is 12.0 Å². The molecular weight excluding hydrogens is 276 g/mol. The minimum Gasteiger partial charge on any atom is -0.441 e. The van der Waals surface area contributed by atoms with Crippen molar-refractivity contribution in [1.29, 1.82) is 0 Å². The monoisotopic (exact) mass is 289 g/mol. The van der Waals surface area contributed by atoms with Crippen LogP contribution in [-0.2, 0) is 11.2 Å². The number of amides is 1. The molecule has 3 nitrogen and oxygen atoms in total. The number of nitrogens with two attached hydrogens (primary N) is 1. The summed E-state index contributed by atoms with van der Waals surface area (Å²) in [7, 11) is 0. The van der Waals surface area contributed by atoms with Crippen LogP contribution < -0.4 is 5.73 Å². The molecule has 1 aliphatic carbocycles. The van der Waals surface area contributed by atoms with E-state index in [1.54, 1.807) is 0 Å². The summed E-state index contributed by atoms with van der Waals surface area (Å²) in [4.78, 5) is 10.9. The van der Waals surface area contributed by atoms with E-state index < -0.39 is 17.7 Å². The number of hydrogen-bond donors (Lipinski definition) is 1. The number of halogens is 2. The SMILES string of the molecule is NC(=O)OC1CCc2ccc(-c3ccc(F)c(F)c3)cc21. The summed E-state index contributed by atoms with van der Waals surface area (Å²) >= 11 is 0. The van der Waals surface area contributed by atoms with Gasteiger partial charge in [0.15, 0.2) is 11.6 Å². The summed E-state index contributed by atoms with van der Waals surface area (Å²) in [6.45, 7) is 0. The predicted molar refractivity (Wildman–Crippen MR) is 73.5 cm³/mol. The number of ether oxygens (including phenoxy) is 1. The third kappa shape index (κ3) is 2.59. The van der Waals surface area contributed by atoms with Crippen LogP contribution in [0.1, 0.15) is 23.7 Å². The highest BCUT2D eigenvalue weighted by atomic mass is 19.2. The van der Waals surface area contributed by atoms with Gasteiger partial charge < -0.3 is 10.5 Å². The van der Waals surface area contributed by atoms with Gasteiger partial charge in [0.05, 0.1) is 0 Å². The summed E-state index contributed by atoms with van der Waals surface area (Å²) in [6.07, 6.45) is 0.291. The number of hydrogen-bond acceptors (Lipinski definition) is 2. The second kappa shape index (κ2) is 5.16. The highest BCUT2D eigenvalue weighted by Gasteiger charge is 2.25. The van der Waals surface area contributed by atoms with Crippen molar-refractivity contribution in [3.05, 3.63) is 59.2 Å². The van der Waals surface area contributed by atoms with E-state index in [-0.39, 0.29) is 6.10 Å². The summed E-state index contributed by atoms with van der Waals surface area (Å²) in [6, 6.07) is 9.35. The summed E-state index contributed by atoms with van der Waals surface area (Å²) in [5.74, 6) is -1.77. The Hall–Kier alpha value is -2.43. The molecule has 2 aromatic rings. The molecule has 0 spiro atoms. The van der Waals surface area contributed by atoms with Gasteiger partial charge in [-0.15, -0.1) is 0 Å². The molecule has 0 aromatic heterocycles. The highest BCUT2D eigenvalue weighted by Crippen LogP contribution is 2.36. The van der Waals surface area contributed by atoms with Crippen LogP contribution >= 0.6 is 0 Å². The van der Waals surface area contributed by atoms with Gasteiger partial charge in [-0.25, -0.2) is 13.6 Å². The van der Waals surface area contributed by atoms with Gasteiger partial charge in [0.1, 0.15) is 6.10 Å². The molecule has 1 aliphatic rings. The van der Waals surface area contributed by atoms with E-state index in [2.05, 4.69) is 0 Å². The van der Waals surface area contributed by atoms with Gasteiger partial charge >= 0.3 is 6.09 Å². The fraction of sp³-hybridized carbons (Fsp3) is 0.188. The largest absolute Gasteiger partial charge is 0.441 e. The average molecular weight is 289 g/mol. The molecule has 0 saturated carbocycles. The molecule has 3 rings (SSSR count). The lowest BCUT2D eigenvalue weighted by atomic mass is 10.00. The summed E-state index contributed by atoms with van der Waals surface area (Å²) < 4.78 is 31.4. The quantitative estimate of drug-likeness (QED) is 0.916. The summed E-state index contributed by atoms with van der Waals surface area (Å²) in [5.41, 5.74) is 8.32. The van der Waals surface area contributed by atoms with E-state index in [1.165, 1.54) is 6.07 Å². The van der Waals surface area contributed by atoms with Crippen molar-refractivity contribution in [3.8, 4) is 11.1 Å². The first-order valence-corrected chi connectivity index (χ1v) is 6.59. The molecule has 0 radical (unpaired) electrons. The normalized spacial score (nSPS) is 16.6. The minimum absolute atomic E-state index is 0.372. The Morgan fingerprint density at radius 3 is 2.52 bits per heavy atom. The molecule has 0 bridgehead atoms. The second-order valence-corrected chi connectivity index (χ2v) is 5.01. The molecular formula is C16H13F2NO2. The number of primary amides is 1. The van der Waals surface area contributed by atoms with Crippen molar-refractivity contribution in [2.45, 2.75) is 18.9 Å². The lowest BCUT2D eigenvalue weighted by Crippen LogP contribution is -2.15. The number of rotatable bonds is 2. The number of carbonyl (C=O) groups is 1. The molecule has 21 heavy (non-hydrogen) atoms. The fourth-order valence-electron chi connectivity index (χ4n) is 2.68. The first kappa shape index (κ1) is 13.5. The van der Waals surface area contributed by atoms with Gasteiger partial charge in [0.25, 0.3) is 0 Å². The second-order valence-electron chi connectivity index (χ2n) is 5.01. The molecule has 1 amide bonds. The van der Waals surface area contributed by atoms with Crippen molar-refractivity contribution in [3.63, 3.8) is 0 Å². The van der Waals surface area contributed by atoms with Crippen LogP contribution in [0.5, 0.6) is 0 Å². The third-order valence-electron chi connectivity index (χ3n) is 3.68. The van der Waals surface area contributed by atoms with Crippen LogP contribution in [0.4, 0.5) is 13.6 Å². The maximum Gasteiger partial charge on any atom is 0.405 e. The molecule has 0 saturated heterocycles. The van der Waals surface area contributed by atoms with Gasteiger partial charge in [0, 0.05) is 0 Å². The Morgan fingerprint density at radius 1 is 1.10 bits per heavy atom. The molecule has 0 aliphatic heterocycles. The zero-order valence-electron chi connectivity index (χ0n) is 11.1. The first-order chi connectivity index (χ1) is 10.0. The standard InChI is InChI=1S/C16H13F2NO2/c17-13-5-3-11(8-14(13)18)10-2-1-9-4-6-15(12(9)7-10)21-16(19)20/h1-3,5,7-8,15H,4,6H2,(H2,19,20). The van der Waals surface area contributed by atoms with Gasteiger partial charge in [-0.3, -0.25) is 0 Å². The van der Waals surface area contributed by atoms with Crippen molar-refractivity contribution in [2.75, 3.05) is 0 Å². The van der Waals surface area contributed by atoms with Gasteiger partial charge in [-0.1, -0.05) is 18.2 Å². The van der Waals surface area contributed by atoms with Crippen molar-refractivity contribution in [2.24, 2.45) is 5.73 Å². The topological polar surface area (TPSA) is 52.3 Å². The van der Waals surface area contributed by atoms with E-state index in [0.717, 1.165) is 35.2 Å². The van der Waals surface area contributed by atoms with Gasteiger partial charge in [0.2, 0.25) is 0 Å². The van der Waals surface area contributed by atoms with E-state index in [1.807, 2.05) is 18.2 Å². The Labute approximate surface area is 120 Å². The summed E-state index contributed by atoms with van der Waals surface area (Å²) in [5, 5.41) is 0. The van der Waals surface area contributed by atoms with Crippen LogP contribution in [0, 0.1) is 11.6 Å². The molecule has 1 unspecified atom stereocenters. The van der Waals surface area contributed by atoms with E-state index >= 15 is 0 Å². The van der Waals surface area contributed by atoms with Crippen LogP contribution in [0.3, 0.4) is 0 Å². The maximum atomic E-state index is 13.3. The Bertz CT molecular complexity index is 715. The smallest absolute Gasteiger partial charge is 0.405 e. The van der Waals surface area contributed by atoms with Crippen molar-refractivity contribution >= 4 is 6.09 Å². The zero-order chi connectivity index (χ0) is 15.0. The number of fused-ring (bicyclic) bond motifs is 1. The average Bonchev–Trinajstić information content (AvgIpc) is 2.84. The van der Waals surface area contributed by atoms with Crippen molar-refractivity contribution in [1.82, 2.24) is 0 Å². The lowest BCUT2D eigenvalue weighted by molar-refractivity contribution is 0.107. The Balaban J connectivity index is 1.98. The highest BCUT2D eigenvalue weighted by molar-refractivity contribution is 5.67. The molecule has 2 aromatic carbocycles. The molecule has 108 valence electrons. The maximum absolute atomic E-state index is 13.3. The van der Waals surface area contributed by atoms with Crippen LogP contribution in [0.2, 0.25) is 0 Å². The zero-order valence-corrected chi connectivity index (χ0v) is 11.1. The van der Waals surface area contributed by atoms with Crippen LogP contribution in [0.15, 0.2) is 36.4 Å². The predicted octanol–water partition coefficient (Wildman–Crippen LogP) is 3.71. The van der Waals surface area contributed by atoms with Gasteiger partial charge in [-0.05, 0) is 53.3 Å². The molecule has 1 atom stereocenters. The first-order valence-electron chi connectivity index (χ1n) is 6.59. The fourth-order valence-corrected chi connectivity index (χ4v) is 2.68. The minimum atomic E-state index is -0.891. The van der Waals surface area contributed by atoms with Gasteiger partial charge in [-0.2, -0.15) is 0 Å². The Morgan fingerprint density at radius 2 is 1.81 bits per heavy atom. The third-order valence-corrected chi connectivity index (χ3v) is 3.68. The number of carbonyl (C=O) groups excluding carboxylic acids is 1. The van der Waals surface area contributed by atoms with Crippen LogP contribution in [-0.4, -0.2) is 6.09 Å². The Kier molecular flexibility index (Phi) is 3.33. The van der Waals surface area contributed by atoms with E-state index in [4.69, 9.17) is 10.5 Å². The molecule has 2 N–H and O–H groups in total.